The van der Waals surface area contributed by atoms with Crippen molar-refractivity contribution in [3.63, 3.8) is 0 Å². The standard InChI is InChI=1S/C17H15FN4O3/c18-10-5-6-16-13(7-10)22(12-3-1-2-4-15(12)25-16)14-9-24-8-11(17(14)23)20-21-19/h1-7,11,14,17,23H,8-9H2/t11?,14-,17-/m0/s1. The van der Waals surface area contributed by atoms with Gasteiger partial charge in [0.25, 0.3) is 0 Å². The number of aliphatic hydroxyl groups excluding tert-OH is 1. The van der Waals surface area contributed by atoms with Gasteiger partial charge < -0.3 is 19.5 Å². The van der Waals surface area contributed by atoms with E-state index in [1.165, 1.54) is 12.1 Å². The van der Waals surface area contributed by atoms with Gasteiger partial charge in [0.1, 0.15) is 5.82 Å². The van der Waals surface area contributed by atoms with Crippen molar-refractivity contribution in [1.29, 1.82) is 0 Å². The molecule has 2 aromatic rings. The van der Waals surface area contributed by atoms with E-state index in [1.807, 2.05) is 18.2 Å². The molecule has 1 N–H and O–H groups in total. The second-order valence-corrected chi connectivity index (χ2v) is 5.92. The lowest BCUT2D eigenvalue weighted by Crippen LogP contribution is -2.54. The molecule has 0 saturated carbocycles. The molecular formula is C17H15FN4O3. The molecule has 0 spiro atoms. The third-order valence-electron chi connectivity index (χ3n) is 4.42. The van der Waals surface area contributed by atoms with Crippen molar-refractivity contribution in [2.45, 2.75) is 18.2 Å². The molecule has 2 aromatic carbocycles. The summed E-state index contributed by atoms with van der Waals surface area (Å²) in [5.41, 5.74) is 9.88. The summed E-state index contributed by atoms with van der Waals surface area (Å²) in [5.74, 6) is 0.669. The number of halogens is 1. The number of azide groups is 1. The maximum atomic E-state index is 13.9. The van der Waals surface area contributed by atoms with Crippen LogP contribution in [0.15, 0.2) is 47.6 Å². The zero-order valence-corrected chi connectivity index (χ0v) is 13.1. The molecule has 0 radical (unpaired) electrons. The number of aliphatic hydroxyl groups is 1. The molecule has 8 heteroatoms. The van der Waals surface area contributed by atoms with Crippen LogP contribution in [0.2, 0.25) is 0 Å². The summed E-state index contributed by atoms with van der Waals surface area (Å²) in [4.78, 5) is 4.57. The van der Waals surface area contributed by atoms with Gasteiger partial charge in [-0.2, -0.15) is 0 Å². The van der Waals surface area contributed by atoms with E-state index in [1.54, 1.807) is 17.0 Å². The summed E-state index contributed by atoms with van der Waals surface area (Å²) in [6, 6.07) is 10.3. The highest BCUT2D eigenvalue weighted by atomic mass is 19.1. The minimum atomic E-state index is -0.966. The molecule has 3 atom stereocenters. The highest BCUT2D eigenvalue weighted by Crippen LogP contribution is 2.48. The quantitative estimate of drug-likeness (QED) is 0.514. The number of benzene rings is 2. The van der Waals surface area contributed by atoms with Gasteiger partial charge in [0.05, 0.1) is 42.8 Å². The van der Waals surface area contributed by atoms with Gasteiger partial charge in [0, 0.05) is 11.0 Å². The maximum Gasteiger partial charge on any atom is 0.151 e. The van der Waals surface area contributed by atoms with Crippen LogP contribution in [0.5, 0.6) is 11.5 Å². The molecule has 7 nitrogen and oxygen atoms in total. The third kappa shape index (κ3) is 2.66. The van der Waals surface area contributed by atoms with Crippen LogP contribution >= 0.6 is 0 Å². The number of anilines is 2. The molecule has 2 heterocycles. The summed E-state index contributed by atoms with van der Waals surface area (Å²) in [5, 5.41) is 14.3. The fourth-order valence-corrected chi connectivity index (χ4v) is 3.27. The van der Waals surface area contributed by atoms with Gasteiger partial charge in [0.2, 0.25) is 0 Å². The van der Waals surface area contributed by atoms with E-state index in [2.05, 4.69) is 10.0 Å². The van der Waals surface area contributed by atoms with E-state index in [0.717, 1.165) is 0 Å². The number of ether oxygens (including phenoxy) is 2. The Hall–Kier alpha value is -2.80. The Morgan fingerprint density at radius 3 is 2.80 bits per heavy atom. The predicted molar refractivity (Wildman–Crippen MR) is 88.6 cm³/mol. The first kappa shape index (κ1) is 15.7. The monoisotopic (exact) mass is 342 g/mol. The molecule has 25 heavy (non-hydrogen) atoms. The van der Waals surface area contributed by atoms with E-state index >= 15 is 0 Å². The van der Waals surface area contributed by atoms with Crippen LogP contribution in [-0.2, 0) is 4.74 Å². The van der Waals surface area contributed by atoms with Gasteiger partial charge in [-0.05, 0) is 29.8 Å². The summed E-state index contributed by atoms with van der Waals surface area (Å²) in [6.45, 7) is 0.354. The summed E-state index contributed by atoms with van der Waals surface area (Å²) >= 11 is 0. The van der Waals surface area contributed by atoms with E-state index in [0.29, 0.717) is 22.9 Å². The molecule has 0 bridgehead atoms. The van der Waals surface area contributed by atoms with E-state index in [4.69, 9.17) is 15.0 Å². The van der Waals surface area contributed by atoms with E-state index in [9.17, 15) is 9.50 Å². The number of nitrogens with zero attached hydrogens (tertiary/aromatic N) is 4. The second kappa shape index (κ2) is 6.25. The van der Waals surface area contributed by atoms with Crippen LogP contribution in [-0.4, -0.2) is 36.5 Å². The Labute approximate surface area is 142 Å². The highest BCUT2D eigenvalue weighted by molar-refractivity contribution is 5.78. The van der Waals surface area contributed by atoms with Crippen LogP contribution in [0.3, 0.4) is 0 Å². The van der Waals surface area contributed by atoms with Crippen molar-refractivity contribution >= 4 is 11.4 Å². The zero-order chi connectivity index (χ0) is 17.4. The number of hydrogen-bond acceptors (Lipinski definition) is 5. The van der Waals surface area contributed by atoms with Crippen LogP contribution in [0.4, 0.5) is 15.8 Å². The molecule has 2 aliphatic heterocycles. The lowest BCUT2D eigenvalue weighted by atomic mass is 9.98. The average Bonchev–Trinajstić information content (AvgIpc) is 2.62. The van der Waals surface area contributed by atoms with E-state index in [-0.39, 0.29) is 13.2 Å². The molecule has 1 saturated heterocycles. The van der Waals surface area contributed by atoms with Gasteiger partial charge in [-0.1, -0.05) is 17.2 Å². The molecule has 1 unspecified atom stereocenters. The predicted octanol–water partition coefficient (Wildman–Crippen LogP) is 3.51. The second-order valence-electron chi connectivity index (χ2n) is 5.92. The van der Waals surface area contributed by atoms with Gasteiger partial charge in [-0.3, -0.25) is 0 Å². The Morgan fingerprint density at radius 1 is 1.16 bits per heavy atom. The van der Waals surface area contributed by atoms with Crippen molar-refractivity contribution in [1.82, 2.24) is 0 Å². The zero-order valence-electron chi connectivity index (χ0n) is 13.1. The highest BCUT2D eigenvalue weighted by Gasteiger charge is 2.40. The summed E-state index contributed by atoms with van der Waals surface area (Å²) < 4.78 is 25.2. The van der Waals surface area contributed by atoms with Crippen molar-refractivity contribution in [3.8, 4) is 11.5 Å². The Kier molecular flexibility index (Phi) is 3.93. The van der Waals surface area contributed by atoms with E-state index < -0.39 is 24.0 Å². The average molecular weight is 342 g/mol. The van der Waals surface area contributed by atoms with Crippen LogP contribution in [0.25, 0.3) is 10.4 Å². The fraction of sp³-hybridized carbons (Fsp3) is 0.294. The Balaban J connectivity index is 1.83. The normalized spacial score (nSPS) is 24.6. The maximum absolute atomic E-state index is 13.9. The molecule has 4 rings (SSSR count). The molecule has 0 aliphatic carbocycles. The lowest BCUT2D eigenvalue weighted by Gasteiger charge is -2.43. The summed E-state index contributed by atoms with van der Waals surface area (Å²) in [7, 11) is 0. The number of rotatable bonds is 2. The molecule has 2 aliphatic rings. The van der Waals surface area contributed by atoms with Crippen LogP contribution < -0.4 is 9.64 Å². The molecule has 1 fully saturated rings. The lowest BCUT2D eigenvalue weighted by molar-refractivity contribution is -0.0193. The minimum absolute atomic E-state index is 0.143. The molecule has 0 aromatic heterocycles. The topological polar surface area (TPSA) is 90.7 Å². The largest absolute Gasteiger partial charge is 0.453 e. The first-order chi connectivity index (χ1) is 12.2. The van der Waals surface area contributed by atoms with Crippen molar-refractivity contribution < 1.29 is 19.0 Å². The first-order valence-corrected chi connectivity index (χ1v) is 7.84. The molecule has 0 amide bonds. The van der Waals surface area contributed by atoms with Crippen molar-refractivity contribution in [3.05, 3.63) is 58.7 Å². The SMILES string of the molecule is [N-]=[N+]=NC1COC[C@H](N2c3ccccc3Oc3ccc(F)cc32)[C@H]1O. The first-order valence-electron chi connectivity index (χ1n) is 7.84. The molecular weight excluding hydrogens is 327 g/mol. The fourth-order valence-electron chi connectivity index (χ4n) is 3.27. The van der Waals surface area contributed by atoms with Crippen molar-refractivity contribution in [2.75, 3.05) is 18.1 Å². The van der Waals surface area contributed by atoms with Crippen LogP contribution in [0.1, 0.15) is 0 Å². The number of fused-ring (bicyclic) bond motifs is 2. The van der Waals surface area contributed by atoms with Crippen LogP contribution in [0, 0.1) is 5.82 Å². The van der Waals surface area contributed by atoms with Gasteiger partial charge in [-0.15, -0.1) is 0 Å². The Morgan fingerprint density at radius 2 is 1.96 bits per heavy atom. The minimum Gasteiger partial charge on any atom is -0.453 e. The smallest absolute Gasteiger partial charge is 0.151 e. The third-order valence-corrected chi connectivity index (χ3v) is 4.42. The van der Waals surface area contributed by atoms with Crippen molar-refractivity contribution in [2.24, 2.45) is 5.11 Å². The number of hydrogen-bond donors (Lipinski definition) is 1. The van der Waals surface area contributed by atoms with Gasteiger partial charge in [0.15, 0.2) is 11.5 Å². The Bertz CT molecular complexity index is 856. The summed E-state index contributed by atoms with van der Waals surface area (Å²) in [6.07, 6.45) is -0.966. The van der Waals surface area contributed by atoms with Gasteiger partial charge in [-0.25, -0.2) is 4.39 Å². The van der Waals surface area contributed by atoms with Gasteiger partial charge >= 0.3 is 0 Å². The number of para-hydroxylation sites is 2. The molecule has 128 valence electrons.